The minimum absolute atomic E-state index is 0.140. The lowest BCUT2D eigenvalue weighted by molar-refractivity contribution is -0.136. The van der Waals surface area contributed by atoms with E-state index >= 15 is 0 Å². The third-order valence-electron chi connectivity index (χ3n) is 2.96. The molecule has 1 aliphatic rings. The van der Waals surface area contributed by atoms with Crippen molar-refractivity contribution in [2.75, 3.05) is 13.1 Å². The molecule has 0 aliphatic carbocycles. The Bertz CT molecular complexity index is 615. The zero-order valence-electron chi connectivity index (χ0n) is 10.5. The van der Waals surface area contributed by atoms with Crippen LogP contribution in [0.15, 0.2) is 28.0 Å². The van der Waals surface area contributed by atoms with Crippen molar-refractivity contribution in [2.45, 2.75) is 24.0 Å². The highest BCUT2D eigenvalue weighted by Crippen LogP contribution is 2.27. The van der Waals surface area contributed by atoms with E-state index in [1.807, 2.05) is 13.0 Å². The van der Waals surface area contributed by atoms with Gasteiger partial charge in [-0.15, -0.1) is 11.3 Å². The van der Waals surface area contributed by atoms with Gasteiger partial charge >= 0.3 is 5.97 Å². The van der Waals surface area contributed by atoms with Crippen LogP contribution in [-0.2, 0) is 21.2 Å². The van der Waals surface area contributed by atoms with Crippen molar-refractivity contribution < 1.29 is 18.3 Å². The van der Waals surface area contributed by atoms with Crippen LogP contribution in [0.2, 0.25) is 0 Å². The molecule has 0 fully saturated rings. The van der Waals surface area contributed by atoms with Crippen LogP contribution in [0.4, 0.5) is 0 Å². The number of carbonyl (C=O) groups is 1. The first-order valence-electron chi connectivity index (χ1n) is 5.86. The molecule has 2 heterocycles. The smallest absolute Gasteiger partial charge is 0.308 e. The quantitative estimate of drug-likeness (QED) is 0.859. The minimum atomic E-state index is -3.49. The number of carboxylic acids is 1. The number of rotatable bonds is 4. The van der Waals surface area contributed by atoms with Gasteiger partial charge in [-0.3, -0.25) is 4.79 Å². The summed E-state index contributed by atoms with van der Waals surface area (Å²) in [5.41, 5.74) is 1.20. The van der Waals surface area contributed by atoms with Crippen LogP contribution in [0.1, 0.15) is 18.2 Å². The van der Waals surface area contributed by atoms with E-state index in [0.717, 1.165) is 17.8 Å². The summed E-state index contributed by atoms with van der Waals surface area (Å²) in [6.07, 6.45) is 2.51. The lowest BCUT2D eigenvalue weighted by Gasteiger charge is -2.23. The van der Waals surface area contributed by atoms with Gasteiger partial charge in [0.15, 0.2) is 0 Å². The topological polar surface area (TPSA) is 74.7 Å². The lowest BCUT2D eigenvalue weighted by atomic mass is 10.1. The molecule has 0 saturated carbocycles. The number of hydrogen-bond acceptors (Lipinski definition) is 4. The fraction of sp³-hybridized carbons (Fsp3) is 0.417. The average Bonchev–Trinajstić information content (AvgIpc) is 2.78. The van der Waals surface area contributed by atoms with Crippen LogP contribution in [0.3, 0.4) is 0 Å². The molecule has 1 N–H and O–H groups in total. The second kappa shape index (κ2) is 5.44. The fourth-order valence-electron chi connectivity index (χ4n) is 1.84. The molecule has 7 heteroatoms. The summed E-state index contributed by atoms with van der Waals surface area (Å²) in [7, 11) is -3.49. The van der Waals surface area contributed by atoms with Crippen LogP contribution < -0.4 is 0 Å². The van der Waals surface area contributed by atoms with Crippen molar-refractivity contribution >= 4 is 27.3 Å². The molecule has 0 saturated heterocycles. The van der Waals surface area contributed by atoms with Gasteiger partial charge in [-0.05, 0) is 25.5 Å². The highest BCUT2D eigenvalue weighted by molar-refractivity contribution is 7.91. The Morgan fingerprint density at radius 1 is 1.47 bits per heavy atom. The average molecular weight is 301 g/mol. The van der Waals surface area contributed by atoms with E-state index in [4.69, 9.17) is 5.11 Å². The molecule has 0 aromatic carbocycles. The largest absolute Gasteiger partial charge is 0.481 e. The first-order valence-corrected chi connectivity index (χ1v) is 8.11. The molecule has 2 rings (SSSR count). The Hall–Kier alpha value is -1.18. The number of hydrogen-bond donors (Lipinski definition) is 1. The predicted octanol–water partition coefficient (Wildman–Crippen LogP) is 1.72. The number of nitrogens with zero attached hydrogens (tertiary/aromatic N) is 1. The van der Waals surface area contributed by atoms with Gasteiger partial charge in [0.05, 0.1) is 6.42 Å². The molecule has 0 bridgehead atoms. The third kappa shape index (κ3) is 3.23. The molecule has 0 amide bonds. The monoisotopic (exact) mass is 301 g/mol. The number of thiophene rings is 1. The summed E-state index contributed by atoms with van der Waals surface area (Å²) in [6, 6.07) is 3.06. The Morgan fingerprint density at radius 2 is 2.21 bits per heavy atom. The van der Waals surface area contributed by atoms with Gasteiger partial charge in [0.25, 0.3) is 10.0 Å². The van der Waals surface area contributed by atoms with Crippen LogP contribution in [0.5, 0.6) is 0 Å². The summed E-state index contributed by atoms with van der Waals surface area (Å²) in [5.74, 6) is -0.956. The SMILES string of the molecule is CC1=CCN(S(=O)(=O)c2ccc(CC(=O)O)s2)CC1. The van der Waals surface area contributed by atoms with Crippen LogP contribution in [-0.4, -0.2) is 36.9 Å². The van der Waals surface area contributed by atoms with Gasteiger partial charge in [0.1, 0.15) is 4.21 Å². The lowest BCUT2D eigenvalue weighted by Crippen LogP contribution is -2.34. The van der Waals surface area contributed by atoms with E-state index in [2.05, 4.69) is 0 Å². The molecule has 0 atom stereocenters. The summed E-state index contributed by atoms with van der Waals surface area (Å²) in [5, 5.41) is 8.70. The van der Waals surface area contributed by atoms with E-state index in [1.54, 1.807) is 6.07 Å². The van der Waals surface area contributed by atoms with Gasteiger partial charge in [-0.1, -0.05) is 11.6 Å². The predicted molar refractivity (Wildman–Crippen MR) is 72.8 cm³/mol. The Kier molecular flexibility index (Phi) is 4.07. The van der Waals surface area contributed by atoms with Crippen LogP contribution >= 0.6 is 11.3 Å². The molecule has 104 valence electrons. The van der Waals surface area contributed by atoms with E-state index in [0.29, 0.717) is 18.0 Å². The highest BCUT2D eigenvalue weighted by atomic mass is 32.2. The van der Waals surface area contributed by atoms with E-state index < -0.39 is 16.0 Å². The maximum atomic E-state index is 12.4. The Labute approximate surface area is 116 Å². The summed E-state index contributed by atoms with van der Waals surface area (Å²) in [6.45, 7) is 2.86. The maximum absolute atomic E-state index is 12.4. The second-order valence-corrected chi connectivity index (χ2v) is 7.79. The van der Waals surface area contributed by atoms with E-state index in [-0.39, 0.29) is 10.6 Å². The molecule has 1 aromatic heterocycles. The third-order valence-corrected chi connectivity index (χ3v) is 6.37. The van der Waals surface area contributed by atoms with Gasteiger partial charge in [0, 0.05) is 18.0 Å². The normalized spacial score (nSPS) is 17.2. The van der Waals surface area contributed by atoms with E-state index in [9.17, 15) is 13.2 Å². The molecular formula is C12H15NO4S2. The summed E-state index contributed by atoms with van der Waals surface area (Å²) < 4.78 is 26.4. The molecule has 0 spiro atoms. The highest BCUT2D eigenvalue weighted by Gasteiger charge is 2.27. The molecule has 19 heavy (non-hydrogen) atoms. The first-order chi connectivity index (χ1) is 8.89. The Balaban J connectivity index is 2.20. The summed E-state index contributed by atoms with van der Waals surface area (Å²) >= 11 is 1.03. The molecule has 0 unspecified atom stereocenters. The summed E-state index contributed by atoms with van der Waals surface area (Å²) in [4.78, 5) is 11.2. The van der Waals surface area contributed by atoms with Crippen molar-refractivity contribution in [3.05, 3.63) is 28.7 Å². The molecule has 5 nitrogen and oxygen atoms in total. The number of sulfonamides is 1. The van der Waals surface area contributed by atoms with Gasteiger partial charge in [-0.25, -0.2) is 8.42 Å². The second-order valence-electron chi connectivity index (χ2n) is 4.45. The zero-order chi connectivity index (χ0) is 14.0. The van der Waals surface area contributed by atoms with Crippen molar-refractivity contribution in [3.63, 3.8) is 0 Å². The van der Waals surface area contributed by atoms with E-state index in [1.165, 1.54) is 15.9 Å². The Morgan fingerprint density at radius 3 is 2.79 bits per heavy atom. The van der Waals surface area contributed by atoms with Crippen molar-refractivity contribution in [2.24, 2.45) is 0 Å². The fourth-order valence-corrected chi connectivity index (χ4v) is 4.72. The van der Waals surface area contributed by atoms with Crippen LogP contribution in [0.25, 0.3) is 0 Å². The first kappa shape index (κ1) is 14.2. The van der Waals surface area contributed by atoms with Gasteiger partial charge in [0.2, 0.25) is 0 Å². The molecule has 1 aliphatic heterocycles. The standard InChI is InChI=1S/C12H15NO4S2/c1-9-4-6-13(7-5-9)19(16,17)12-3-2-10(18-12)8-11(14)15/h2-4H,5-8H2,1H3,(H,14,15). The van der Waals surface area contributed by atoms with Crippen molar-refractivity contribution in [3.8, 4) is 0 Å². The molecular weight excluding hydrogens is 286 g/mol. The van der Waals surface area contributed by atoms with Crippen molar-refractivity contribution in [1.29, 1.82) is 0 Å². The number of aliphatic carboxylic acids is 1. The van der Waals surface area contributed by atoms with Crippen molar-refractivity contribution in [1.82, 2.24) is 4.31 Å². The molecule has 0 radical (unpaired) electrons. The number of carboxylic acid groups (broad SMARTS) is 1. The van der Waals surface area contributed by atoms with Gasteiger partial charge in [-0.2, -0.15) is 4.31 Å². The zero-order valence-corrected chi connectivity index (χ0v) is 12.1. The minimum Gasteiger partial charge on any atom is -0.481 e. The maximum Gasteiger partial charge on any atom is 0.308 e. The van der Waals surface area contributed by atoms with Gasteiger partial charge < -0.3 is 5.11 Å². The van der Waals surface area contributed by atoms with Crippen LogP contribution in [0, 0.1) is 0 Å². The molecule has 1 aromatic rings.